The van der Waals surface area contributed by atoms with E-state index in [0.29, 0.717) is 33.8 Å². The average Bonchev–Trinajstić information content (AvgIpc) is 2.81. The van der Waals surface area contributed by atoms with Crippen molar-refractivity contribution in [1.82, 2.24) is 4.72 Å². The van der Waals surface area contributed by atoms with Crippen LogP contribution in [0.15, 0.2) is 66.7 Å². The van der Waals surface area contributed by atoms with Gasteiger partial charge in [-0.1, -0.05) is 66.0 Å². The number of benzene rings is 3. The number of amides is 1. The molecule has 2 aliphatic rings. The van der Waals surface area contributed by atoms with Crippen LogP contribution in [-0.2, 0) is 15.8 Å². The molecule has 1 heterocycles. The lowest BCUT2D eigenvalue weighted by molar-refractivity contribution is 0.0981. The van der Waals surface area contributed by atoms with Crippen LogP contribution in [-0.4, -0.2) is 27.4 Å². The van der Waals surface area contributed by atoms with E-state index in [9.17, 15) is 13.2 Å². The van der Waals surface area contributed by atoms with Gasteiger partial charge < -0.3 is 9.64 Å². The number of ether oxygens (including phenoxy) is 1. The van der Waals surface area contributed by atoms with Crippen molar-refractivity contribution >= 4 is 44.8 Å². The number of nitrogens with one attached hydrogen (secondary N) is 1. The molecule has 1 aliphatic carbocycles. The lowest BCUT2D eigenvalue weighted by Crippen LogP contribution is -2.40. The van der Waals surface area contributed by atoms with Gasteiger partial charge in [-0.3, -0.25) is 4.79 Å². The van der Waals surface area contributed by atoms with Crippen LogP contribution >= 0.6 is 23.2 Å². The number of hydrogen-bond donors (Lipinski definition) is 1. The molecule has 5 rings (SSSR count). The van der Waals surface area contributed by atoms with E-state index in [4.69, 9.17) is 27.9 Å². The standard InChI is InChI=1S/C27H26Cl2N2O4S/c28-21-10-11-22(23(29)14-21)26-16-31(15-18-7-4-8-18)24-13-20(9-12-25(24)35-26)27(32)30-36(33,34)17-19-5-2-1-3-6-19/h1-3,5-6,9-14,18,26H,4,7-8,15-17H2,(H,30,32). The molecular formula is C27H26Cl2N2O4S. The first-order chi connectivity index (χ1) is 17.3. The van der Waals surface area contributed by atoms with Gasteiger partial charge in [0.1, 0.15) is 11.9 Å². The normalized spacial score (nSPS) is 17.6. The van der Waals surface area contributed by atoms with Crippen LogP contribution in [0, 0.1) is 5.92 Å². The molecule has 0 bridgehead atoms. The predicted octanol–water partition coefficient (Wildman–Crippen LogP) is 5.99. The van der Waals surface area contributed by atoms with Gasteiger partial charge in [-0.15, -0.1) is 0 Å². The Morgan fingerprint density at radius 2 is 1.81 bits per heavy atom. The maximum absolute atomic E-state index is 12.9. The number of nitrogens with zero attached hydrogens (tertiary/aromatic N) is 1. The van der Waals surface area contributed by atoms with Crippen LogP contribution in [0.5, 0.6) is 5.75 Å². The zero-order valence-electron chi connectivity index (χ0n) is 19.5. The summed E-state index contributed by atoms with van der Waals surface area (Å²) in [5, 5.41) is 1.10. The fourth-order valence-electron chi connectivity index (χ4n) is 4.61. The Bertz CT molecular complexity index is 1380. The Morgan fingerprint density at radius 3 is 2.50 bits per heavy atom. The van der Waals surface area contributed by atoms with Crippen molar-refractivity contribution in [3.63, 3.8) is 0 Å². The first-order valence-electron chi connectivity index (χ1n) is 11.9. The SMILES string of the molecule is O=C(NS(=O)(=O)Cc1ccccc1)c1ccc2c(c1)N(CC1CCC1)CC(c1ccc(Cl)cc1Cl)O2. The first kappa shape index (κ1) is 24.9. The van der Waals surface area contributed by atoms with E-state index in [1.54, 1.807) is 54.6 Å². The molecule has 1 N–H and O–H groups in total. The number of carbonyl (C=O) groups is 1. The first-order valence-corrected chi connectivity index (χ1v) is 14.3. The average molecular weight is 545 g/mol. The summed E-state index contributed by atoms with van der Waals surface area (Å²) >= 11 is 12.6. The molecule has 0 aromatic heterocycles. The molecule has 188 valence electrons. The van der Waals surface area contributed by atoms with Gasteiger partial charge in [0.05, 0.1) is 18.0 Å². The molecule has 1 aliphatic heterocycles. The summed E-state index contributed by atoms with van der Waals surface area (Å²) in [5.41, 5.74) is 2.49. The molecule has 1 fully saturated rings. The Labute approximate surface area is 221 Å². The van der Waals surface area contributed by atoms with Gasteiger partial charge in [0.2, 0.25) is 10.0 Å². The minimum Gasteiger partial charge on any atom is -0.482 e. The topological polar surface area (TPSA) is 75.7 Å². The number of sulfonamides is 1. The second-order valence-electron chi connectivity index (χ2n) is 9.33. The lowest BCUT2D eigenvalue weighted by atomic mass is 9.84. The molecule has 1 unspecified atom stereocenters. The molecule has 36 heavy (non-hydrogen) atoms. The highest BCUT2D eigenvalue weighted by Crippen LogP contribution is 2.42. The Morgan fingerprint density at radius 1 is 1.03 bits per heavy atom. The fraction of sp³-hybridized carbons (Fsp3) is 0.296. The van der Waals surface area contributed by atoms with E-state index in [2.05, 4.69) is 9.62 Å². The second-order valence-corrected chi connectivity index (χ2v) is 11.9. The summed E-state index contributed by atoms with van der Waals surface area (Å²) < 4.78 is 33.7. The van der Waals surface area contributed by atoms with E-state index in [0.717, 1.165) is 30.6 Å². The van der Waals surface area contributed by atoms with Crippen molar-refractivity contribution in [2.75, 3.05) is 18.0 Å². The molecule has 3 aromatic carbocycles. The van der Waals surface area contributed by atoms with Crippen LogP contribution < -0.4 is 14.4 Å². The predicted molar refractivity (Wildman–Crippen MR) is 142 cm³/mol. The highest BCUT2D eigenvalue weighted by molar-refractivity contribution is 7.89. The molecule has 3 aromatic rings. The number of anilines is 1. The largest absolute Gasteiger partial charge is 0.482 e. The van der Waals surface area contributed by atoms with Crippen molar-refractivity contribution in [2.45, 2.75) is 31.1 Å². The van der Waals surface area contributed by atoms with Crippen molar-refractivity contribution < 1.29 is 17.9 Å². The maximum Gasteiger partial charge on any atom is 0.264 e. The fourth-order valence-corrected chi connectivity index (χ4v) is 6.24. The van der Waals surface area contributed by atoms with Gasteiger partial charge in [-0.05, 0) is 54.7 Å². The molecular weight excluding hydrogens is 519 g/mol. The van der Waals surface area contributed by atoms with Crippen molar-refractivity contribution in [2.24, 2.45) is 5.92 Å². The monoisotopic (exact) mass is 544 g/mol. The van der Waals surface area contributed by atoms with Crippen molar-refractivity contribution in [3.8, 4) is 5.75 Å². The highest BCUT2D eigenvalue weighted by atomic mass is 35.5. The molecule has 9 heteroatoms. The van der Waals surface area contributed by atoms with E-state index in [1.807, 2.05) is 12.1 Å². The molecule has 1 atom stereocenters. The summed E-state index contributed by atoms with van der Waals surface area (Å²) in [6.45, 7) is 1.39. The lowest BCUT2D eigenvalue weighted by Gasteiger charge is -2.40. The number of rotatable bonds is 7. The number of fused-ring (bicyclic) bond motifs is 1. The van der Waals surface area contributed by atoms with Gasteiger partial charge in [-0.25, -0.2) is 13.1 Å². The molecule has 0 saturated heterocycles. The zero-order valence-corrected chi connectivity index (χ0v) is 21.8. The van der Waals surface area contributed by atoms with Crippen LogP contribution in [0.1, 0.15) is 46.9 Å². The van der Waals surface area contributed by atoms with Crippen LogP contribution in [0.2, 0.25) is 10.0 Å². The van der Waals surface area contributed by atoms with Gasteiger partial charge in [-0.2, -0.15) is 0 Å². The Kier molecular flexibility index (Phi) is 7.15. The number of halogens is 2. The summed E-state index contributed by atoms with van der Waals surface area (Å²) in [6, 6.07) is 19.1. The summed E-state index contributed by atoms with van der Waals surface area (Å²) in [4.78, 5) is 15.1. The molecule has 0 spiro atoms. The zero-order chi connectivity index (χ0) is 25.3. The minimum atomic E-state index is -3.85. The molecule has 0 radical (unpaired) electrons. The van der Waals surface area contributed by atoms with E-state index >= 15 is 0 Å². The van der Waals surface area contributed by atoms with Crippen LogP contribution in [0.25, 0.3) is 0 Å². The minimum absolute atomic E-state index is 0.260. The Balaban J connectivity index is 1.39. The quantitative estimate of drug-likeness (QED) is 0.395. The smallest absolute Gasteiger partial charge is 0.264 e. The molecule has 1 saturated carbocycles. The molecule has 6 nitrogen and oxygen atoms in total. The van der Waals surface area contributed by atoms with Crippen molar-refractivity contribution in [1.29, 1.82) is 0 Å². The van der Waals surface area contributed by atoms with Gasteiger partial charge in [0, 0.05) is 27.7 Å². The van der Waals surface area contributed by atoms with Crippen molar-refractivity contribution in [3.05, 3.63) is 93.5 Å². The van der Waals surface area contributed by atoms with Crippen LogP contribution in [0.3, 0.4) is 0 Å². The van der Waals surface area contributed by atoms with Gasteiger partial charge >= 0.3 is 0 Å². The van der Waals surface area contributed by atoms with Gasteiger partial charge in [0.15, 0.2) is 0 Å². The molecule has 1 amide bonds. The third-order valence-electron chi connectivity index (χ3n) is 6.68. The number of carbonyl (C=O) groups excluding carboxylic acids is 1. The summed E-state index contributed by atoms with van der Waals surface area (Å²) in [5.74, 6) is 0.256. The van der Waals surface area contributed by atoms with E-state index in [-0.39, 0.29) is 17.4 Å². The van der Waals surface area contributed by atoms with E-state index in [1.165, 1.54) is 6.42 Å². The second kappa shape index (κ2) is 10.3. The van der Waals surface area contributed by atoms with Crippen LogP contribution in [0.4, 0.5) is 5.69 Å². The number of hydrogen-bond acceptors (Lipinski definition) is 5. The summed E-state index contributed by atoms with van der Waals surface area (Å²) in [6.07, 6.45) is 3.25. The van der Waals surface area contributed by atoms with E-state index < -0.39 is 15.9 Å². The third-order valence-corrected chi connectivity index (χ3v) is 8.45. The van der Waals surface area contributed by atoms with Gasteiger partial charge in [0.25, 0.3) is 5.91 Å². The summed E-state index contributed by atoms with van der Waals surface area (Å²) in [7, 11) is -3.85. The highest BCUT2D eigenvalue weighted by Gasteiger charge is 2.32. The Hall–Kier alpha value is -2.74. The maximum atomic E-state index is 12.9. The third kappa shape index (κ3) is 5.64.